The van der Waals surface area contributed by atoms with E-state index in [2.05, 4.69) is 29.6 Å². The minimum Gasteiger partial charge on any atom is -0.406 e. The van der Waals surface area contributed by atoms with E-state index in [1.807, 2.05) is 0 Å². The predicted molar refractivity (Wildman–Crippen MR) is 99.1 cm³/mol. The minimum atomic E-state index is -4.76. The standard InChI is InChI=1S/C21H20F3NO3.U/c1-4-14-10-16(15-6-8-17(9-7-15)28-21(22,23)24)11-18(19(14)12-26)13(3)25-20(27)5-2;/h5-9,11,13,26H,1-2,4,12H2,3H3,(H,25,27);/q-2;+2. The van der Waals surface area contributed by atoms with Crippen LogP contribution in [-0.2, 0) is 17.8 Å². The molecule has 2 aromatic carbocycles. The number of alkyl halides is 3. The largest absolute Gasteiger partial charge is 2.00 e. The molecule has 0 aliphatic rings. The number of ether oxygens (including phenoxy) is 1. The Bertz CT molecular complexity index is 851. The van der Waals surface area contributed by atoms with Gasteiger partial charge in [0.2, 0.25) is 5.91 Å². The third kappa shape index (κ3) is 6.92. The van der Waals surface area contributed by atoms with Crippen molar-refractivity contribution in [2.45, 2.75) is 32.4 Å². The number of aliphatic hydroxyl groups is 1. The van der Waals surface area contributed by atoms with E-state index in [9.17, 15) is 23.1 Å². The second-order valence-electron chi connectivity index (χ2n) is 6.01. The Hall–Kier alpha value is -1.75. The molecule has 0 radical (unpaired) electrons. The van der Waals surface area contributed by atoms with Gasteiger partial charge in [0.25, 0.3) is 0 Å². The van der Waals surface area contributed by atoms with Gasteiger partial charge in [-0.1, -0.05) is 29.8 Å². The zero-order valence-electron chi connectivity index (χ0n) is 15.8. The zero-order valence-corrected chi connectivity index (χ0v) is 19.9. The number of benzene rings is 2. The SMILES string of the molecule is C=CC(=O)NC(C)c1cc(-c2ccc(OC(F)(F)F)cc2)[c-]c(C[CH2-])c1CO.[U+2]. The second-order valence-corrected chi connectivity index (χ2v) is 6.01. The van der Waals surface area contributed by atoms with E-state index in [-0.39, 0.29) is 49.4 Å². The van der Waals surface area contributed by atoms with Gasteiger partial charge in [-0.25, -0.2) is 0 Å². The van der Waals surface area contributed by atoms with Crippen LogP contribution < -0.4 is 10.1 Å². The van der Waals surface area contributed by atoms with Crippen molar-refractivity contribution >= 4 is 5.91 Å². The van der Waals surface area contributed by atoms with Gasteiger partial charge in [0.05, 0.1) is 0 Å². The fraction of sp³-hybridized carbons (Fsp3) is 0.238. The molecule has 0 saturated carbocycles. The van der Waals surface area contributed by atoms with Crippen LogP contribution in [-0.4, -0.2) is 17.4 Å². The van der Waals surface area contributed by atoms with E-state index in [4.69, 9.17) is 0 Å². The summed E-state index contributed by atoms with van der Waals surface area (Å²) in [4.78, 5) is 11.6. The molecule has 152 valence electrons. The van der Waals surface area contributed by atoms with Gasteiger partial charge in [-0.3, -0.25) is 4.79 Å². The molecular formula is C21H20F3NO3U. The molecule has 1 amide bonds. The smallest absolute Gasteiger partial charge is 0.406 e. The van der Waals surface area contributed by atoms with Crippen molar-refractivity contribution in [1.82, 2.24) is 5.32 Å². The number of halogens is 3. The molecule has 0 aromatic heterocycles. The maximum Gasteiger partial charge on any atom is 2.00 e. The summed E-state index contributed by atoms with van der Waals surface area (Å²) in [7, 11) is 0. The molecule has 29 heavy (non-hydrogen) atoms. The second kappa shape index (κ2) is 10.9. The minimum absolute atomic E-state index is 0. The van der Waals surface area contributed by atoms with E-state index in [1.165, 1.54) is 24.3 Å². The molecule has 0 aliphatic heterocycles. The van der Waals surface area contributed by atoms with E-state index in [1.54, 1.807) is 13.0 Å². The third-order valence-corrected chi connectivity index (χ3v) is 4.12. The number of hydrogen-bond donors (Lipinski definition) is 2. The van der Waals surface area contributed by atoms with Crippen molar-refractivity contribution < 1.29 is 58.9 Å². The Morgan fingerprint density at radius 1 is 1.38 bits per heavy atom. The topological polar surface area (TPSA) is 58.6 Å². The van der Waals surface area contributed by atoms with Gasteiger partial charge in [-0.15, -0.1) is 36.4 Å². The molecule has 2 aromatic rings. The average molecular weight is 629 g/mol. The first-order valence-electron chi connectivity index (χ1n) is 8.45. The quantitative estimate of drug-likeness (QED) is 0.356. The van der Waals surface area contributed by atoms with E-state index in [0.29, 0.717) is 34.2 Å². The number of carbonyl (C=O) groups excluding carboxylic acids is 1. The van der Waals surface area contributed by atoms with Gasteiger partial charge < -0.3 is 22.1 Å². The number of aliphatic hydroxyl groups excluding tert-OH is 1. The normalized spacial score (nSPS) is 11.9. The molecule has 4 nitrogen and oxygen atoms in total. The first-order chi connectivity index (χ1) is 13.2. The van der Waals surface area contributed by atoms with Crippen LogP contribution in [0.5, 0.6) is 5.75 Å². The first kappa shape index (κ1) is 25.3. The van der Waals surface area contributed by atoms with Gasteiger partial charge in [-0.05, 0) is 25.1 Å². The van der Waals surface area contributed by atoms with E-state index in [0.717, 1.165) is 6.08 Å². The van der Waals surface area contributed by atoms with Crippen molar-refractivity contribution in [3.63, 3.8) is 0 Å². The van der Waals surface area contributed by atoms with Crippen LogP contribution in [0.15, 0.2) is 43.0 Å². The number of nitrogens with one attached hydrogen (secondary N) is 1. The Labute approximate surface area is 191 Å². The summed E-state index contributed by atoms with van der Waals surface area (Å²) in [6, 6.07) is 9.83. The van der Waals surface area contributed by atoms with Gasteiger partial charge in [0.1, 0.15) is 5.75 Å². The summed E-state index contributed by atoms with van der Waals surface area (Å²) in [5, 5.41) is 12.5. The van der Waals surface area contributed by atoms with Crippen molar-refractivity contribution in [3.8, 4) is 16.9 Å². The summed E-state index contributed by atoms with van der Waals surface area (Å²) >= 11 is 0. The number of rotatable bonds is 7. The molecular weight excluding hydrogens is 609 g/mol. The number of hydrogen-bond acceptors (Lipinski definition) is 3. The summed E-state index contributed by atoms with van der Waals surface area (Å²) in [5.41, 5.74) is 3.14. The zero-order chi connectivity index (χ0) is 20.9. The fourth-order valence-electron chi connectivity index (χ4n) is 2.82. The maximum atomic E-state index is 12.3. The molecule has 1 atom stereocenters. The molecule has 0 saturated heterocycles. The van der Waals surface area contributed by atoms with Crippen LogP contribution in [0.3, 0.4) is 0 Å². The van der Waals surface area contributed by atoms with Gasteiger partial charge >= 0.3 is 37.5 Å². The molecule has 8 heteroatoms. The summed E-state index contributed by atoms with van der Waals surface area (Å²) in [6.45, 7) is 8.75. The molecule has 1 unspecified atom stereocenters. The van der Waals surface area contributed by atoms with Crippen molar-refractivity contribution in [1.29, 1.82) is 0 Å². The summed E-state index contributed by atoms with van der Waals surface area (Å²) in [5.74, 6) is -0.692. The van der Waals surface area contributed by atoms with Crippen molar-refractivity contribution in [2.75, 3.05) is 0 Å². The monoisotopic (exact) mass is 629 g/mol. The van der Waals surface area contributed by atoms with Gasteiger partial charge in [0, 0.05) is 12.6 Å². The van der Waals surface area contributed by atoms with E-state index >= 15 is 0 Å². The van der Waals surface area contributed by atoms with Crippen LogP contribution in [0.25, 0.3) is 11.1 Å². The number of amides is 1. The Balaban J connectivity index is 0.00000420. The Morgan fingerprint density at radius 3 is 2.48 bits per heavy atom. The van der Waals surface area contributed by atoms with Crippen LogP contribution in [0.1, 0.15) is 29.7 Å². The fourth-order valence-corrected chi connectivity index (χ4v) is 2.82. The summed E-state index contributed by atoms with van der Waals surface area (Å²) in [6.07, 6.45) is -3.27. The molecule has 0 bridgehead atoms. The van der Waals surface area contributed by atoms with Crippen LogP contribution in [0, 0.1) is 44.1 Å². The van der Waals surface area contributed by atoms with Gasteiger partial charge in [-0.2, -0.15) is 12.0 Å². The van der Waals surface area contributed by atoms with Crippen molar-refractivity contribution in [2.24, 2.45) is 0 Å². The molecule has 0 spiro atoms. The van der Waals surface area contributed by atoms with Crippen LogP contribution >= 0.6 is 0 Å². The van der Waals surface area contributed by atoms with Crippen LogP contribution in [0.4, 0.5) is 13.2 Å². The third-order valence-electron chi connectivity index (χ3n) is 4.12. The van der Waals surface area contributed by atoms with Crippen molar-refractivity contribution in [3.05, 3.63) is 72.7 Å². The molecule has 2 N–H and O–H groups in total. The Kier molecular flexibility index (Phi) is 9.47. The molecule has 2 rings (SSSR count). The molecule has 0 heterocycles. The molecule has 0 fully saturated rings. The molecule has 0 aliphatic carbocycles. The van der Waals surface area contributed by atoms with Crippen LogP contribution in [0.2, 0.25) is 0 Å². The summed E-state index contributed by atoms with van der Waals surface area (Å²) < 4.78 is 40.8. The average Bonchev–Trinajstić information content (AvgIpc) is 2.65. The Morgan fingerprint density at radius 2 is 2.00 bits per heavy atom. The maximum absolute atomic E-state index is 12.3. The first-order valence-corrected chi connectivity index (χ1v) is 8.45. The number of carbonyl (C=O) groups is 1. The van der Waals surface area contributed by atoms with E-state index < -0.39 is 12.4 Å². The predicted octanol–water partition coefficient (Wildman–Crippen LogP) is 4.28. The van der Waals surface area contributed by atoms with Gasteiger partial charge in [0.15, 0.2) is 0 Å².